The van der Waals surface area contributed by atoms with Crippen LogP contribution in [0, 0.1) is 0 Å². The molecule has 1 unspecified atom stereocenters. The van der Waals surface area contributed by atoms with E-state index in [-0.39, 0.29) is 4.70 Å². The summed E-state index contributed by atoms with van der Waals surface area (Å²) in [6, 6.07) is 8.45. The van der Waals surface area contributed by atoms with E-state index in [4.69, 9.17) is 0 Å². The first-order chi connectivity index (χ1) is 12.9. The molecule has 1 heterocycles. The number of rotatable bonds is 4. The molecule has 0 amide bonds. The van der Waals surface area contributed by atoms with E-state index >= 15 is 0 Å². The van der Waals surface area contributed by atoms with Crippen LogP contribution >= 0.6 is 9.50 Å². The van der Waals surface area contributed by atoms with Crippen molar-refractivity contribution < 1.29 is 25.9 Å². The molecule has 0 aliphatic rings. The van der Waals surface area contributed by atoms with Gasteiger partial charge in [0.25, 0.3) is 0 Å². The van der Waals surface area contributed by atoms with Crippen LogP contribution in [0.3, 0.4) is 0 Å². The normalized spacial score (nSPS) is 14.7. The Balaban J connectivity index is 2.78. The van der Waals surface area contributed by atoms with Crippen LogP contribution in [0.25, 0.3) is 20.2 Å². The van der Waals surface area contributed by atoms with Gasteiger partial charge in [0.05, 0.1) is 0 Å². The molecule has 0 saturated carbocycles. The van der Waals surface area contributed by atoms with Crippen molar-refractivity contribution in [3.8, 4) is 0 Å². The van der Waals surface area contributed by atoms with Crippen molar-refractivity contribution in [2.45, 2.75) is 34.5 Å². The molecule has 0 aliphatic carbocycles. The summed E-state index contributed by atoms with van der Waals surface area (Å²) in [5, 5.41) is 1.18. The molecule has 1 atom stereocenters. The van der Waals surface area contributed by atoms with Gasteiger partial charge in [-0.1, -0.05) is 0 Å². The Morgan fingerprint density at radius 2 is 1.48 bits per heavy atom. The maximum atomic E-state index is 12.3. The van der Waals surface area contributed by atoms with Crippen LogP contribution in [-0.4, -0.2) is 62.7 Å². The number of benzene rings is 2. The first kappa shape index (κ1) is 23.7. The van der Waals surface area contributed by atoms with Crippen LogP contribution in [0.15, 0.2) is 35.2 Å². The fraction of sp³-hybridized carbons (Fsp3) is 0.333. The number of hydrogen-bond acceptors (Lipinski definition) is 5. The van der Waals surface area contributed by atoms with E-state index in [1.807, 2.05) is 12.1 Å². The van der Waals surface area contributed by atoms with E-state index in [0.29, 0.717) is 15.5 Å². The Hall–Kier alpha value is 0.0774. The Kier molecular flexibility index (Phi) is 5.98. The Bertz CT molecular complexity index is 1360. The molecule has 3 aromatic rings. The molecule has 1 N–H and O–H groups in total. The summed E-state index contributed by atoms with van der Waals surface area (Å²) in [5.41, 5.74) is 0. The molecular weight excluding hydrogens is 646 g/mol. The molecule has 0 spiro atoms. The molecule has 0 bridgehead atoms. The van der Waals surface area contributed by atoms with Gasteiger partial charge < -0.3 is 0 Å². The van der Waals surface area contributed by atoms with E-state index in [1.54, 1.807) is 12.1 Å². The van der Waals surface area contributed by atoms with Gasteiger partial charge in [-0.25, -0.2) is 0 Å². The van der Waals surface area contributed by atoms with Gasteiger partial charge in [-0.05, 0) is 0 Å². The number of hydrogen-bond donors (Lipinski definition) is 1. The number of fused-ring (bicyclic) bond motifs is 3. The summed E-state index contributed by atoms with van der Waals surface area (Å²) in [5.74, 6) is 0. The van der Waals surface area contributed by atoms with E-state index in [9.17, 15) is 25.9 Å². The fourth-order valence-electron chi connectivity index (χ4n) is 3.52. The summed E-state index contributed by atoms with van der Waals surface area (Å²) in [4.78, 5) is 12.6. The van der Waals surface area contributed by atoms with E-state index < -0.39 is 70.4 Å². The van der Waals surface area contributed by atoms with E-state index in [2.05, 4.69) is 29.6 Å². The van der Waals surface area contributed by atoms with Crippen molar-refractivity contribution in [2.24, 2.45) is 0 Å². The molecule has 3 rings (SSSR count). The minimum atomic E-state index is -4.88. The molecule has 0 aliphatic heterocycles. The third-order valence-corrected chi connectivity index (χ3v) is 21.8. The molecule has 29 heavy (non-hydrogen) atoms. The standard InChI is InChI=1S/C12H6O6S3.6CH3.2Sn/c13-20(14,15)11-7-3-5-9-8-4-1-2-6-10(8)19(12(9)11)21(16,17)18;;;;;;;;/h2-4,6-7H,(H-,13,14,15,16,17,18);6*1H3;;. The third-order valence-electron chi connectivity index (χ3n) is 4.91. The zero-order valence-corrected chi connectivity index (χ0v) is 25.3. The Morgan fingerprint density at radius 3 is 1.93 bits per heavy atom. The van der Waals surface area contributed by atoms with Gasteiger partial charge in [0.15, 0.2) is 0 Å². The first-order valence-corrected chi connectivity index (χ1v) is 33.5. The minimum absolute atomic E-state index is 0.0529. The molecule has 0 fully saturated rings. The second kappa shape index (κ2) is 7.31. The van der Waals surface area contributed by atoms with Crippen molar-refractivity contribution in [3.05, 3.63) is 30.3 Å². The third kappa shape index (κ3) is 4.37. The van der Waals surface area contributed by atoms with Crippen LogP contribution in [0.4, 0.5) is 0 Å². The summed E-state index contributed by atoms with van der Waals surface area (Å²) < 4.78 is 73.3. The summed E-state index contributed by atoms with van der Waals surface area (Å²) >= 11 is -5.40. The van der Waals surface area contributed by atoms with Crippen molar-refractivity contribution in [1.29, 1.82) is 0 Å². The number of thiophene rings is 1. The van der Waals surface area contributed by atoms with Crippen LogP contribution < -0.4 is 7.16 Å². The monoisotopic (exact) mass is 672 g/mol. The van der Waals surface area contributed by atoms with Crippen LogP contribution in [0.2, 0.25) is 29.6 Å². The van der Waals surface area contributed by atoms with Crippen LogP contribution in [0.1, 0.15) is 0 Å². The van der Waals surface area contributed by atoms with Gasteiger partial charge in [0.1, 0.15) is 0 Å². The summed E-state index contributed by atoms with van der Waals surface area (Å²) in [6.45, 7) is 0. The quantitative estimate of drug-likeness (QED) is 0.197. The second-order valence-corrected chi connectivity index (χ2v) is 43.9. The molecule has 1 aromatic heterocycles. The summed E-state index contributed by atoms with van der Waals surface area (Å²) in [6.07, 6.45) is 0. The predicted octanol–water partition coefficient (Wildman–Crippen LogP) is 3.39. The van der Waals surface area contributed by atoms with E-state index in [0.717, 1.165) is 7.16 Å². The maximum absolute atomic E-state index is 12.3. The topological polar surface area (TPSA) is 112 Å². The molecule has 158 valence electrons. The van der Waals surface area contributed by atoms with Gasteiger partial charge in [-0.3, -0.25) is 0 Å². The fourth-order valence-corrected chi connectivity index (χ4v) is 17.0. The molecule has 0 radical (unpaired) electrons. The Morgan fingerprint density at radius 1 is 0.897 bits per heavy atom. The molecule has 2 aromatic carbocycles. The van der Waals surface area contributed by atoms with Crippen LogP contribution in [0.5, 0.6) is 0 Å². The zero-order valence-electron chi connectivity index (χ0n) is 17.1. The molecule has 6 nitrogen and oxygen atoms in total. The van der Waals surface area contributed by atoms with Crippen LogP contribution in [-0.2, 0) is 19.3 Å². The summed E-state index contributed by atoms with van der Waals surface area (Å²) in [7, 11) is -11.6. The SMILES string of the molecule is [CH3][Sn]([CH3])([CH3])[c]1ccc2c(c1)c1[c]([Sn]([CH3])([CH3])[CH3])ccc(S(=O)(=O)O)c1[s+]2S(=O)(=O)[O-]. The van der Waals surface area contributed by atoms with Gasteiger partial charge in [-0.15, -0.1) is 0 Å². The van der Waals surface area contributed by atoms with Crippen molar-refractivity contribution in [2.75, 3.05) is 0 Å². The Labute approximate surface area is 181 Å². The second-order valence-electron chi connectivity index (χ2n) is 9.18. The predicted molar refractivity (Wildman–Crippen MR) is 125 cm³/mol. The van der Waals surface area contributed by atoms with Crippen molar-refractivity contribution >= 4 is 92.9 Å². The molecular formula is C18H24O6S3Sn2. The van der Waals surface area contributed by atoms with E-state index in [1.165, 1.54) is 6.07 Å². The molecule has 0 saturated heterocycles. The zero-order chi connectivity index (χ0) is 22.2. The van der Waals surface area contributed by atoms with Gasteiger partial charge in [-0.2, -0.15) is 0 Å². The van der Waals surface area contributed by atoms with Crippen molar-refractivity contribution in [1.82, 2.24) is 0 Å². The van der Waals surface area contributed by atoms with Gasteiger partial charge >= 0.3 is 184 Å². The van der Waals surface area contributed by atoms with Gasteiger partial charge in [0, 0.05) is 0 Å². The average Bonchev–Trinajstić information content (AvgIpc) is 2.85. The first-order valence-electron chi connectivity index (χ1n) is 8.94. The average molecular weight is 670 g/mol. The van der Waals surface area contributed by atoms with Gasteiger partial charge in [0.2, 0.25) is 0 Å². The van der Waals surface area contributed by atoms with Crippen molar-refractivity contribution in [3.63, 3.8) is 0 Å². The molecule has 11 heteroatoms.